The van der Waals surface area contributed by atoms with E-state index in [-0.39, 0.29) is 0 Å². The molecule has 1 N–H and O–H groups in total. The molecule has 0 aromatic carbocycles. The van der Waals surface area contributed by atoms with Crippen LogP contribution in [-0.2, 0) is 0 Å². The fraction of sp³-hybridized carbons (Fsp3) is 1.00. The van der Waals surface area contributed by atoms with Crippen LogP contribution >= 0.6 is 0 Å². The summed E-state index contributed by atoms with van der Waals surface area (Å²) in [5.74, 6) is 5.41. The van der Waals surface area contributed by atoms with E-state index < -0.39 is 0 Å². The van der Waals surface area contributed by atoms with Crippen LogP contribution in [-0.4, -0.2) is 12.1 Å². The average Bonchev–Trinajstić information content (AvgIpc) is 2.44. The summed E-state index contributed by atoms with van der Waals surface area (Å²) in [5.41, 5.74) is 0. The fourth-order valence-electron chi connectivity index (χ4n) is 6.50. The van der Waals surface area contributed by atoms with Crippen molar-refractivity contribution in [3.8, 4) is 0 Å². The molecule has 4 bridgehead atoms. The molecule has 5 rings (SSSR count). The van der Waals surface area contributed by atoms with Crippen LogP contribution in [0.25, 0.3) is 0 Å². The van der Waals surface area contributed by atoms with Crippen molar-refractivity contribution in [2.24, 2.45) is 29.6 Å². The Morgan fingerprint density at radius 2 is 1.40 bits per heavy atom. The normalized spacial score (nSPS) is 50.5. The summed E-state index contributed by atoms with van der Waals surface area (Å²) in [6, 6.07) is 1.78. The second-order valence-electron chi connectivity index (χ2n) is 8.63. The number of hydrogen-bond acceptors (Lipinski definition) is 1. The van der Waals surface area contributed by atoms with Gasteiger partial charge in [0.25, 0.3) is 0 Å². The molecule has 114 valence electrons. The van der Waals surface area contributed by atoms with E-state index >= 15 is 0 Å². The maximum atomic E-state index is 4.16. The van der Waals surface area contributed by atoms with Crippen molar-refractivity contribution in [2.75, 3.05) is 0 Å². The SMILES string of the molecule is CCCC1CCC(NC2C3CC4CC(C3)CC2C4)CC1. The zero-order valence-electron chi connectivity index (χ0n) is 13.3. The molecule has 5 aliphatic rings. The highest BCUT2D eigenvalue weighted by atomic mass is 15.0. The van der Waals surface area contributed by atoms with Gasteiger partial charge < -0.3 is 5.32 Å². The molecule has 0 spiro atoms. The molecule has 0 saturated heterocycles. The van der Waals surface area contributed by atoms with E-state index in [4.69, 9.17) is 0 Å². The van der Waals surface area contributed by atoms with Gasteiger partial charge >= 0.3 is 0 Å². The molecule has 0 unspecified atom stereocenters. The van der Waals surface area contributed by atoms with Gasteiger partial charge in [-0.15, -0.1) is 0 Å². The quantitative estimate of drug-likeness (QED) is 0.780. The Morgan fingerprint density at radius 3 is 1.95 bits per heavy atom. The van der Waals surface area contributed by atoms with Crippen LogP contribution in [0.2, 0.25) is 0 Å². The maximum absolute atomic E-state index is 4.16. The molecule has 5 aliphatic carbocycles. The molecular weight excluding hydrogens is 242 g/mol. The van der Waals surface area contributed by atoms with Gasteiger partial charge in [-0.2, -0.15) is 0 Å². The van der Waals surface area contributed by atoms with Gasteiger partial charge in [-0.1, -0.05) is 19.8 Å². The first-order chi connectivity index (χ1) is 9.81. The van der Waals surface area contributed by atoms with Gasteiger partial charge in [-0.05, 0) is 87.4 Å². The van der Waals surface area contributed by atoms with Crippen LogP contribution in [0.3, 0.4) is 0 Å². The van der Waals surface area contributed by atoms with E-state index in [1.54, 1.807) is 32.1 Å². The predicted molar refractivity (Wildman–Crippen MR) is 84.6 cm³/mol. The van der Waals surface area contributed by atoms with E-state index in [0.29, 0.717) is 0 Å². The summed E-state index contributed by atoms with van der Waals surface area (Å²) in [7, 11) is 0. The van der Waals surface area contributed by atoms with Crippen molar-refractivity contribution in [3.05, 3.63) is 0 Å². The van der Waals surface area contributed by atoms with Gasteiger partial charge in [0.2, 0.25) is 0 Å². The third-order valence-electron chi connectivity index (χ3n) is 7.20. The van der Waals surface area contributed by atoms with E-state index in [1.165, 1.54) is 38.5 Å². The van der Waals surface area contributed by atoms with Crippen LogP contribution in [0.15, 0.2) is 0 Å². The molecule has 0 aromatic heterocycles. The molecule has 0 amide bonds. The molecule has 0 aromatic rings. The summed E-state index contributed by atoms with van der Waals surface area (Å²) < 4.78 is 0. The Morgan fingerprint density at radius 1 is 0.800 bits per heavy atom. The summed E-state index contributed by atoms with van der Waals surface area (Å²) >= 11 is 0. The van der Waals surface area contributed by atoms with Gasteiger partial charge in [0, 0.05) is 12.1 Å². The van der Waals surface area contributed by atoms with Gasteiger partial charge in [0.05, 0.1) is 0 Å². The second kappa shape index (κ2) is 5.63. The van der Waals surface area contributed by atoms with Crippen molar-refractivity contribution in [1.29, 1.82) is 0 Å². The van der Waals surface area contributed by atoms with Gasteiger partial charge in [-0.25, -0.2) is 0 Å². The second-order valence-corrected chi connectivity index (χ2v) is 8.63. The standard InChI is InChI=1S/C19H33N/c1-2-3-13-4-6-18(7-5-13)20-19-16-9-14-8-15(11-16)12-17(19)10-14/h13-20H,2-12H2,1H3. The lowest BCUT2D eigenvalue weighted by molar-refractivity contribution is -0.0198. The highest BCUT2D eigenvalue weighted by molar-refractivity contribution is 5.02. The van der Waals surface area contributed by atoms with Crippen molar-refractivity contribution in [3.63, 3.8) is 0 Å². The molecule has 0 atom stereocenters. The summed E-state index contributed by atoms with van der Waals surface area (Å²) in [5, 5.41) is 4.16. The first-order valence-corrected chi connectivity index (χ1v) is 9.57. The van der Waals surface area contributed by atoms with Crippen molar-refractivity contribution in [1.82, 2.24) is 5.32 Å². The van der Waals surface area contributed by atoms with Crippen LogP contribution in [0.4, 0.5) is 0 Å². The summed E-state index contributed by atoms with van der Waals surface area (Å²) in [6.45, 7) is 2.35. The molecular formula is C19H33N. The fourth-order valence-corrected chi connectivity index (χ4v) is 6.50. The van der Waals surface area contributed by atoms with Crippen LogP contribution in [0.1, 0.15) is 77.6 Å². The smallest absolute Gasteiger partial charge is 0.0127 e. The zero-order valence-corrected chi connectivity index (χ0v) is 13.3. The molecule has 0 aliphatic heterocycles. The lowest BCUT2D eigenvalue weighted by atomic mass is 9.54. The van der Waals surface area contributed by atoms with Crippen molar-refractivity contribution >= 4 is 0 Å². The first-order valence-electron chi connectivity index (χ1n) is 9.57. The monoisotopic (exact) mass is 275 g/mol. The number of rotatable bonds is 4. The minimum atomic E-state index is 0.866. The Hall–Kier alpha value is -0.0400. The third kappa shape index (κ3) is 2.56. The minimum absolute atomic E-state index is 0.866. The summed E-state index contributed by atoms with van der Waals surface area (Å²) in [6.07, 6.45) is 16.6. The lowest BCUT2D eigenvalue weighted by Crippen LogP contribution is -2.57. The van der Waals surface area contributed by atoms with Gasteiger partial charge in [0.1, 0.15) is 0 Å². The Bertz CT molecular complexity index is 301. The number of hydrogen-bond donors (Lipinski definition) is 1. The first kappa shape index (κ1) is 13.6. The van der Waals surface area contributed by atoms with E-state index in [9.17, 15) is 0 Å². The van der Waals surface area contributed by atoms with E-state index in [0.717, 1.165) is 41.7 Å². The predicted octanol–water partition coefficient (Wildman–Crippen LogP) is 4.76. The van der Waals surface area contributed by atoms with E-state index in [2.05, 4.69) is 12.2 Å². The highest BCUT2D eigenvalue weighted by Gasteiger charge is 2.48. The zero-order chi connectivity index (χ0) is 13.5. The molecule has 0 heterocycles. The molecule has 5 saturated carbocycles. The third-order valence-corrected chi connectivity index (χ3v) is 7.20. The highest BCUT2D eigenvalue weighted by Crippen LogP contribution is 2.54. The topological polar surface area (TPSA) is 12.0 Å². The summed E-state index contributed by atoms with van der Waals surface area (Å²) in [4.78, 5) is 0. The van der Waals surface area contributed by atoms with Crippen molar-refractivity contribution < 1.29 is 0 Å². The Kier molecular flexibility index (Phi) is 3.83. The maximum Gasteiger partial charge on any atom is 0.0127 e. The van der Waals surface area contributed by atoms with Crippen LogP contribution in [0, 0.1) is 29.6 Å². The van der Waals surface area contributed by atoms with Crippen LogP contribution in [0.5, 0.6) is 0 Å². The molecule has 1 heteroatoms. The molecule has 1 nitrogen and oxygen atoms in total. The lowest BCUT2D eigenvalue weighted by Gasteiger charge is -2.55. The Balaban J connectivity index is 1.32. The van der Waals surface area contributed by atoms with E-state index in [1.807, 2.05) is 0 Å². The minimum Gasteiger partial charge on any atom is -0.311 e. The molecule has 20 heavy (non-hydrogen) atoms. The molecule has 5 fully saturated rings. The molecule has 0 radical (unpaired) electrons. The van der Waals surface area contributed by atoms with Crippen molar-refractivity contribution in [2.45, 2.75) is 89.6 Å². The average molecular weight is 275 g/mol. The van der Waals surface area contributed by atoms with Gasteiger partial charge in [0.15, 0.2) is 0 Å². The van der Waals surface area contributed by atoms with Crippen LogP contribution < -0.4 is 5.32 Å². The Labute approximate surface area is 125 Å². The largest absolute Gasteiger partial charge is 0.311 e. The number of nitrogens with one attached hydrogen (secondary N) is 1. The van der Waals surface area contributed by atoms with Gasteiger partial charge in [-0.3, -0.25) is 0 Å².